The van der Waals surface area contributed by atoms with Crippen molar-refractivity contribution in [2.75, 3.05) is 5.75 Å². The van der Waals surface area contributed by atoms with Gasteiger partial charge in [-0.3, -0.25) is 15.0 Å². The average Bonchev–Trinajstić information content (AvgIpc) is 2.67. The van der Waals surface area contributed by atoms with E-state index in [2.05, 4.69) is 38.2 Å². The molecule has 0 aromatic heterocycles. The van der Waals surface area contributed by atoms with Gasteiger partial charge in [-0.25, -0.2) is 5.84 Å². The van der Waals surface area contributed by atoms with Crippen LogP contribution in [0.4, 0.5) is 13.2 Å². The number of halogens is 3. The predicted molar refractivity (Wildman–Crippen MR) is 122 cm³/mol. The fourth-order valence-electron chi connectivity index (χ4n) is 2.35. The number of alkyl halides is 3. The Hall–Kier alpha value is -2.00. The van der Waals surface area contributed by atoms with Crippen molar-refractivity contribution in [3.63, 3.8) is 0 Å². The monoisotopic (exact) mass is 461 g/mol. The van der Waals surface area contributed by atoms with E-state index < -0.39 is 30.8 Å². The molecule has 0 saturated heterocycles. The molecule has 0 bridgehead atoms. The molecule has 176 valence electrons. The summed E-state index contributed by atoms with van der Waals surface area (Å²) in [5.74, 6) is 3.94. The van der Waals surface area contributed by atoms with E-state index in [0.717, 1.165) is 25.7 Å². The third kappa shape index (κ3) is 17.4. The summed E-state index contributed by atoms with van der Waals surface area (Å²) in [6.45, 7) is 8.33. The van der Waals surface area contributed by atoms with E-state index in [-0.39, 0.29) is 5.70 Å². The number of thioether (sulfide) groups is 1. The minimum Gasteiger partial charge on any atom is -0.321 e. The summed E-state index contributed by atoms with van der Waals surface area (Å²) in [5, 5.41) is 3.56. The molecule has 0 heterocycles. The lowest BCUT2D eigenvalue weighted by Crippen LogP contribution is -2.38. The first kappa shape index (κ1) is 29.0. The van der Waals surface area contributed by atoms with Crippen molar-refractivity contribution in [1.82, 2.24) is 10.7 Å². The fourth-order valence-corrected chi connectivity index (χ4v) is 3.16. The summed E-state index contributed by atoms with van der Waals surface area (Å²) >= 11 is 1.24. The number of hydrogen-bond acceptors (Lipinski definition) is 4. The third-order valence-corrected chi connectivity index (χ3v) is 4.90. The van der Waals surface area contributed by atoms with Gasteiger partial charge in [0.15, 0.2) is 0 Å². The van der Waals surface area contributed by atoms with E-state index in [4.69, 9.17) is 5.84 Å². The quantitative estimate of drug-likeness (QED) is 0.0853. The molecular weight excluding hydrogens is 427 g/mol. The van der Waals surface area contributed by atoms with E-state index in [0.29, 0.717) is 5.75 Å². The van der Waals surface area contributed by atoms with Gasteiger partial charge in [0.2, 0.25) is 5.91 Å². The number of allylic oxidation sites excluding steroid dienone is 5. The normalized spacial score (nSPS) is 13.1. The van der Waals surface area contributed by atoms with E-state index >= 15 is 0 Å². The molecule has 31 heavy (non-hydrogen) atoms. The lowest BCUT2D eigenvalue weighted by atomic mass is 10.1. The largest absolute Gasteiger partial charge is 0.389 e. The maximum absolute atomic E-state index is 12.2. The van der Waals surface area contributed by atoms with Crippen LogP contribution in [-0.4, -0.2) is 23.7 Å². The second-order valence-electron chi connectivity index (χ2n) is 7.46. The Balaban J connectivity index is 4.53. The molecule has 0 aliphatic heterocycles. The predicted octanol–water partition coefficient (Wildman–Crippen LogP) is 5.43. The van der Waals surface area contributed by atoms with Crippen LogP contribution in [0.15, 0.2) is 46.1 Å². The first-order chi connectivity index (χ1) is 14.4. The van der Waals surface area contributed by atoms with Crippen LogP contribution in [0, 0.1) is 0 Å². The molecule has 5 nitrogen and oxygen atoms in total. The molecule has 0 aliphatic carbocycles. The molecule has 2 amide bonds. The van der Waals surface area contributed by atoms with Gasteiger partial charge in [-0.05, 0) is 53.4 Å². The maximum atomic E-state index is 12.2. The molecule has 0 fully saturated rings. The van der Waals surface area contributed by atoms with Crippen molar-refractivity contribution in [3.05, 3.63) is 46.1 Å². The third-order valence-electron chi connectivity index (χ3n) is 4.14. The molecule has 0 aromatic rings. The molecule has 9 heteroatoms. The van der Waals surface area contributed by atoms with Crippen molar-refractivity contribution in [2.45, 2.75) is 72.4 Å². The second-order valence-corrected chi connectivity index (χ2v) is 8.36. The molecule has 0 aliphatic rings. The standard InChI is InChI=1S/C22H34F3N3O2S/c1-16(2)7-5-8-17(3)9-6-10-18(4)12-14-31-15-19(21(30)28-26)27-20(29)11-13-22(23,24)25/h7,9,12,15H,5-6,8,10-11,13-14,26H2,1-4H3,(H,27,29)(H,28,30)/b17-9+,18-12+,19-15+. The van der Waals surface area contributed by atoms with Crippen LogP contribution < -0.4 is 16.6 Å². The number of rotatable bonds is 13. The highest BCUT2D eigenvalue weighted by Gasteiger charge is 2.28. The van der Waals surface area contributed by atoms with Crippen LogP contribution in [0.3, 0.4) is 0 Å². The molecule has 0 saturated carbocycles. The summed E-state index contributed by atoms with van der Waals surface area (Å²) in [4.78, 5) is 23.3. The number of nitrogens with two attached hydrogens (primary N) is 1. The van der Waals surface area contributed by atoms with E-state index in [1.54, 1.807) is 0 Å². The Morgan fingerprint density at radius 1 is 0.935 bits per heavy atom. The highest BCUT2D eigenvalue weighted by molar-refractivity contribution is 8.02. The van der Waals surface area contributed by atoms with Crippen molar-refractivity contribution in [2.24, 2.45) is 5.84 Å². The highest BCUT2D eigenvalue weighted by atomic mass is 32.2. The van der Waals surface area contributed by atoms with Gasteiger partial charge in [0.25, 0.3) is 5.91 Å². The lowest BCUT2D eigenvalue weighted by molar-refractivity contribution is -0.143. The van der Waals surface area contributed by atoms with Gasteiger partial charge < -0.3 is 5.32 Å². The Labute approximate surface area is 187 Å². The minimum atomic E-state index is -4.44. The molecular formula is C22H34F3N3O2S. The number of nitrogens with one attached hydrogen (secondary N) is 2. The summed E-state index contributed by atoms with van der Waals surface area (Å²) in [5.41, 5.74) is 5.56. The van der Waals surface area contributed by atoms with Gasteiger partial charge in [0.1, 0.15) is 5.70 Å². The zero-order chi connectivity index (χ0) is 23.9. The molecule has 0 unspecified atom stereocenters. The Bertz CT molecular complexity index is 707. The van der Waals surface area contributed by atoms with Crippen LogP contribution in [0.1, 0.15) is 66.2 Å². The first-order valence-corrected chi connectivity index (χ1v) is 11.1. The van der Waals surface area contributed by atoms with Crippen LogP contribution in [0.5, 0.6) is 0 Å². The highest BCUT2D eigenvalue weighted by Crippen LogP contribution is 2.21. The number of carbonyl (C=O) groups excluding carboxylic acids is 2. The number of hydrogen-bond donors (Lipinski definition) is 3. The van der Waals surface area contributed by atoms with Crippen molar-refractivity contribution in [1.29, 1.82) is 0 Å². The van der Waals surface area contributed by atoms with E-state index in [1.165, 1.54) is 33.9 Å². The van der Waals surface area contributed by atoms with Crippen molar-refractivity contribution >= 4 is 23.6 Å². The van der Waals surface area contributed by atoms with Gasteiger partial charge in [-0.2, -0.15) is 13.2 Å². The zero-order valence-corrected chi connectivity index (χ0v) is 19.5. The minimum absolute atomic E-state index is 0.180. The molecule has 0 aromatic carbocycles. The molecule has 0 atom stereocenters. The Morgan fingerprint density at radius 3 is 2.06 bits per heavy atom. The van der Waals surface area contributed by atoms with Crippen LogP contribution >= 0.6 is 11.8 Å². The van der Waals surface area contributed by atoms with Crippen molar-refractivity contribution < 1.29 is 22.8 Å². The van der Waals surface area contributed by atoms with Crippen molar-refractivity contribution in [3.8, 4) is 0 Å². The molecule has 4 N–H and O–H groups in total. The topological polar surface area (TPSA) is 84.2 Å². The van der Waals surface area contributed by atoms with E-state index in [1.807, 2.05) is 18.4 Å². The first-order valence-electron chi connectivity index (χ1n) is 10.1. The van der Waals surface area contributed by atoms with Crippen LogP contribution in [-0.2, 0) is 9.59 Å². The van der Waals surface area contributed by atoms with Gasteiger partial charge in [0.05, 0.1) is 6.42 Å². The lowest BCUT2D eigenvalue weighted by Gasteiger charge is -2.09. The summed E-state index contributed by atoms with van der Waals surface area (Å²) < 4.78 is 36.6. The molecule has 0 spiro atoms. The zero-order valence-electron chi connectivity index (χ0n) is 18.7. The maximum Gasteiger partial charge on any atom is 0.389 e. The number of hydrazine groups is 1. The van der Waals surface area contributed by atoms with E-state index in [9.17, 15) is 22.8 Å². The van der Waals surface area contributed by atoms with Gasteiger partial charge in [-0.1, -0.05) is 34.9 Å². The number of carbonyl (C=O) groups is 2. The molecule has 0 radical (unpaired) electrons. The number of amides is 2. The Kier molecular flexibility index (Phi) is 14.7. The fraction of sp³-hybridized carbons (Fsp3) is 0.545. The van der Waals surface area contributed by atoms with Crippen LogP contribution in [0.2, 0.25) is 0 Å². The Morgan fingerprint density at radius 2 is 1.52 bits per heavy atom. The van der Waals surface area contributed by atoms with Gasteiger partial charge >= 0.3 is 6.18 Å². The summed E-state index contributed by atoms with van der Waals surface area (Å²) in [6, 6.07) is 0. The second kappa shape index (κ2) is 15.8. The molecule has 0 rings (SSSR count). The van der Waals surface area contributed by atoms with Gasteiger partial charge in [-0.15, -0.1) is 11.8 Å². The van der Waals surface area contributed by atoms with Crippen LogP contribution in [0.25, 0.3) is 0 Å². The van der Waals surface area contributed by atoms with Gasteiger partial charge in [0, 0.05) is 17.6 Å². The summed E-state index contributed by atoms with van der Waals surface area (Å²) in [7, 11) is 0. The SMILES string of the molecule is CC(C)=CCC/C(C)=C/CC/C(C)=C/CS/C=C(/NC(=O)CCC(F)(F)F)C(=O)NN. The average molecular weight is 462 g/mol. The smallest absolute Gasteiger partial charge is 0.321 e. The summed E-state index contributed by atoms with van der Waals surface area (Å²) in [6.07, 6.45) is 3.98.